The Kier molecular flexibility index (Phi) is 8.17. The highest BCUT2D eigenvalue weighted by Crippen LogP contribution is 2.01. The van der Waals surface area contributed by atoms with Crippen molar-refractivity contribution in [3.8, 4) is 0 Å². The summed E-state index contributed by atoms with van der Waals surface area (Å²) in [4.78, 5) is 2.28. The second kappa shape index (κ2) is 6.23. The van der Waals surface area contributed by atoms with Crippen LogP contribution in [0.2, 0.25) is 0 Å². The quantitative estimate of drug-likeness (QED) is 0.651. The third-order valence-corrected chi connectivity index (χ3v) is 1.76. The van der Waals surface area contributed by atoms with Crippen molar-refractivity contribution in [3.63, 3.8) is 0 Å². The van der Waals surface area contributed by atoms with E-state index < -0.39 is 0 Å². The highest BCUT2D eigenvalue weighted by Gasteiger charge is 2.14. The molecule has 1 aliphatic rings. The number of nitrogens with zero attached hydrogens (tertiary/aromatic N) is 1. The molecule has 0 unspecified atom stereocenters. The van der Waals surface area contributed by atoms with Gasteiger partial charge in [0.25, 0.3) is 0 Å². The summed E-state index contributed by atoms with van der Waals surface area (Å²) in [5.74, 6) is 0. The summed E-state index contributed by atoms with van der Waals surface area (Å²) in [7, 11) is 4.27. The molecule has 0 amide bonds. The average Bonchev–Trinajstić information content (AvgIpc) is 2.12. The van der Waals surface area contributed by atoms with E-state index in [9.17, 15) is 0 Å². The molecule has 0 aromatic heterocycles. The van der Waals surface area contributed by atoms with Crippen LogP contribution in [0.25, 0.3) is 0 Å². The molecule has 1 rings (SSSR count). The standard InChI is InChI=1S/C6H14N2.2ClH/c1-8(2)6-3-4-7-5-6;;/h6-7H,3-5H2,1-2H3;2*1H/t6-;;/m1../s1. The van der Waals surface area contributed by atoms with Gasteiger partial charge in [-0.2, -0.15) is 0 Å². The van der Waals surface area contributed by atoms with E-state index in [1.165, 1.54) is 19.5 Å². The first-order valence-electron chi connectivity index (χ1n) is 3.18. The normalized spacial score (nSPS) is 23.7. The molecule has 0 saturated carbocycles. The van der Waals surface area contributed by atoms with Crippen LogP contribution in [0.3, 0.4) is 0 Å². The lowest BCUT2D eigenvalue weighted by Crippen LogP contribution is -2.29. The first kappa shape index (κ1) is 13.1. The highest BCUT2D eigenvalue weighted by atomic mass is 35.5. The van der Waals surface area contributed by atoms with E-state index >= 15 is 0 Å². The predicted octanol–water partition coefficient (Wildman–Crippen LogP) is 0.753. The van der Waals surface area contributed by atoms with E-state index in [4.69, 9.17) is 0 Å². The van der Waals surface area contributed by atoms with Crippen LogP contribution in [0, 0.1) is 0 Å². The van der Waals surface area contributed by atoms with Crippen molar-refractivity contribution < 1.29 is 0 Å². The van der Waals surface area contributed by atoms with Crippen molar-refractivity contribution in [2.45, 2.75) is 12.5 Å². The fraction of sp³-hybridized carbons (Fsp3) is 1.00. The Balaban J connectivity index is 0. The maximum Gasteiger partial charge on any atom is 0.0226 e. The minimum atomic E-state index is 0. The number of hydrogen-bond acceptors (Lipinski definition) is 2. The molecule has 1 heterocycles. The summed E-state index contributed by atoms with van der Waals surface area (Å²) in [5, 5.41) is 3.31. The molecule has 0 bridgehead atoms. The van der Waals surface area contributed by atoms with Gasteiger partial charge < -0.3 is 10.2 Å². The lowest BCUT2D eigenvalue weighted by Gasteiger charge is -2.16. The largest absolute Gasteiger partial charge is 0.315 e. The van der Waals surface area contributed by atoms with Crippen LogP contribution in [-0.4, -0.2) is 38.1 Å². The van der Waals surface area contributed by atoms with E-state index in [1.54, 1.807) is 0 Å². The Morgan fingerprint density at radius 3 is 2.10 bits per heavy atom. The number of halogens is 2. The molecule has 2 nitrogen and oxygen atoms in total. The van der Waals surface area contributed by atoms with Gasteiger partial charge in [-0.05, 0) is 27.1 Å². The van der Waals surface area contributed by atoms with Crippen LogP contribution in [-0.2, 0) is 0 Å². The minimum absolute atomic E-state index is 0. The van der Waals surface area contributed by atoms with Crippen LogP contribution in [0.15, 0.2) is 0 Å². The Labute approximate surface area is 75.2 Å². The van der Waals surface area contributed by atoms with Gasteiger partial charge in [-0.25, -0.2) is 0 Å². The van der Waals surface area contributed by atoms with Gasteiger partial charge in [-0.15, -0.1) is 24.8 Å². The number of nitrogens with one attached hydrogen (secondary N) is 1. The SMILES string of the molecule is CN(C)[C@@H]1CCNC1.Cl.Cl. The lowest BCUT2D eigenvalue weighted by atomic mass is 10.2. The third-order valence-electron chi connectivity index (χ3n) is 1.76. The van der Waals surface area contributed by atoms with Crippen LogP contribution in [0.1, 0.15) is 6.42 Å². The number of rotatable bonds is 1. The van der Waals surface area contributed by atoms with Gasteiger partial charge in [0, 0.05) is 12.6 Å². The third kappa shape index (κ3) is 3.62. The summed E-state index contributed by atoms with van der Waals surface area (Å²) < 4.78 is 0. The fourth-order valence-electron chi connectivity index (χ4n) is 1.08. The summed E-state index contributed by atoms with van der Waals surface area (Å²) in [6.07, 6.45) is 1.31. The van der Waals surface area contributed by atoms with E-state index in [2.05, 4.69) is 24.3 Å². The summed E-state index contributed by atoms with van der Waals surface area (Å²) in [6.45, 7) is 2.37. The van der Waals surface area contributed by atoms with Crippen LogP contribution in [0.5, 0.6) is 0 Å². The average molecular weight is 187 g/mol. The van der Waals surface area contributed by atoms with Crippen molar-refractivity contribution in [2.24, 2.45) is 0 Å². The van der Waals surface area contributed by atoms with Crippen LogP contribution in [0.4, 0.5) is 0 Å². The molecule has 1 atom stereocenters. The number of likely N-dealkylation sites (N-methyl/N-ethyl adjacent to an activating group) is 1. The van der Waals surface area contributed by atoms with E-state index in [0.29, 0.717) is 0 Å². The first-order chi connectivity index (χ1) is 3.80. The Hall–Kier alpha value is 0.500. The van der Waals surface area contributed by atoms with E-state index in [-0.39, 0.29) is 24.8 Å². The molecule has 10 heavy (non-hydrogen) atoms. The van der Waals surface area contributed by atoms with Crippen molar-refractivity contribution in [3.05, 3.63) is 0 Å². The molecule has 0 aliphatic carbocycles. The molecule has 0 radical (unpaired) electrons. The molecule has 4 heteroatoms. The monoisotopic (exact) mass is 186 g/mol. The van der Waals surface area contributed by atoms with Gasteiger partial charge in [0.15, 0.2) is 0 Å². The first-order valence-corrected chi connectivity index (χ1v) is 3.18. The molecule has 0 spiro atoms. The minimum Gasteiger partial charge on any atom is -0.315 e. The molecule has 1 N–H and O–H groups in total. The molecular formula is C6H16Cl2N2. The molecule has 64 valence electrons. The maximum absolute atomic E-state index is 3.31. The molecule has 0 aromatic carbocycles. The zero-order valence-corrected chi connectivity index (χ0v) is 8.10. The van der Waals surface area contributed by atoms with Gasteiger partial charge in [-0.1, -0.05) is 0 Å². The van der Waals surface area contributed by atoms with Gasteiger partial charge in [-0.3, -0.25) is 0 Å². The van der Waals surface area contributed by atoms with Crippen molar-refractivity contribution in [2.75, 3.05) is 27.2 Å². The molecule has 1 saturated heterocycles. The van der Waals surface area contributed by atoms with Crippen LogP contribution < -0.4 is 5.32 Å². The fourth-order valence-corrected chi connectivity index (χ4v) is 1.08. The van der Waals surface area contributed by atoms with Crippen molar-refractivity contribution in [1.29, 1.82) is 0 Å². The summed E-state index contributed by atoms with van der Waals surface area (Å²) in [5.41, 5.74) is 0. The topological polar surface area (TPSA) is 15.3 Å². The summed E-state index contributed by atoms with van der Waals surface area (Å²) in [6, 6.07) is 0.787. The van der Waals surface area contributed by atoms with Gasteiger partial charge in [0.2, 0.25) is 0 Å². The van der Waals surface area contributed by atoms with E-state index in [1.807, 2.05) is 0 Å². The Morgan fingerprint density at radius 1 is 1.30 bits per heavy atom. The molecular weight excluding hydrogens is 171 g/mol. The smallest absolute Gasteiger partial charge is 0.0226 e. The van der Waals surface area contributed by atoms with Gasteiger partial charge >= 0.3 is 0 Å². The zero-order chi connectivity index (χ0) is 5.98. The van der Waals surface area contributed by atoms with E-state index in [0.717, 1.165) is 6.04 Å². The lowest BCUT2D eigenvalue weighted by molar-refractivity contribution is 0.313. The Bertz CT molecular complexity index is 72.1. The molecule has 1 aliphatic heterocycles. The van der Waals surface area contributed by atoms with Gasteiger partial charge in [0.1, 0.15) is 0 Å². The number of hydrogen-bond donors (Lipinski definition) is 1. The van der Waals surface area contributed by atoms with Gasteiger partial charge in [0.05, 0.1) is 0 Å². The predicted molar refractivity (Wildman–Crippen MR) is 49.5 cm³/mol. The van der Waals surface area contributed by atoms with Crippen LogP contribution >= 0.6 is 24.8 Å². The highest BCUT2D eigenvalue weighted by molar-refractivity contribution is 5.85. The second-order valence-corrected chi connectivity index (χ2v) is 2.61. The van der Waals surface area contributed by atoms with Crippen molar-refractivity contribution in [1.82, 2.24) is 10.2 Å². The molecule has 0 aromatic rings. The zero-order valence-electron chi connectivity index (χ0n) is 6.46. The Morgan fingerprint density at radius 2 is 1.90 bits per heavy atom. The second-order valence-electron chi connectivity index (χ2n) is 2.61. The summed E-state index contributed by atoms with van der Waals surface area (Å²) >= 11 is 0. The molecule has 1 fully saturated rings. The van der Waals surface area contributed by atoms with Crippen molar-refractivity contribution >= 4 is 24.8 Å². The maximum atomic E-state index is 3.31.